The number of phosphoric acid groups is 3. The number of anilines is 1. The maximum absolute atomic E-state index is 12.7. The zero-order chi connectivity index (χ0) is 43.1. The molecule has 10 N–H and O–H groups in total. The fourth-order valence-electron chi connectivity index (χ4n) is 5.33. The number of nitrogens with two attached hydrogens (primary N) is 1. The minimum atomic E-state index is -5.57. The molecule has 2 amide bonds. The predicted molar refractivity (Wildman–Crippen MR) is 202 cm³/mol. The van der Waals surface area contributed by atoms with Crippen LogP contribution in [0, 0.1) is 12.3 Å². The van der Waals surface area contributed by atoms with Crippen LogP contribution in [-0.2, 0) is 57.1 Å². The van der Waals surface area contributed by atoms with Crippen molar-refractivity contribution in [3.8, 4) is 0 Å². The Kier molecular flexibility index (Phi) is 16.3. The van der Waals surface area contributed by atoms with E-state index in [9.17, 15) is 57.9 Å². The van der Waals surface area contributed by atoms with Crippen molar-refractivity contribution in [2.45, 2.75) is 64.3 Å². The number of nitrogen functional groups attached to an aromatic ring is 1. The highest BCUT2D eigenvalue weighted by Crippen LogP contribution is 2.61. The number of ether oxygens (including phenoxy) is 1. The molecule has 7 unspecified atom stereocenters. The van der Waals surface area contributed by atoms with Gasteiger partial charge in [0.2, 0.25) is 11.8 Å². The molecule has 1 aromatic carbocycles. The van der Waals surface area contributed by atoms with Crippen molar-refractivity contribution in [2.24, 2.45) is 5.41 Å². The number of aryl methyl sites for hydroxylation is 1. The van der Waals surface area contributed by atoms with Crippen molar-refractivity contribution >= 4 is 69.1 Å². The van der Waals surface area contributed by atoms with E-state index in [1.54, 1.807) is 0 Å². The molecule has 3 heterocycles. The summed E-state index contributed by atoms with van der Waals surface area (Å²) in [6, 6.07) is 7.56. The van der Waals surface area contributed by atoms with Gasteiger partial charge in [-0.05, 0) is 12.5 Å². The third-order valence-corrected chi connectivity index (χ3v) is 12.2. The lowest BCUT2D eigenvalue weighted by molar-refractivity contribution is -0.137. The molecular weight excluding hydrogens is 855 g/mol. The van der Waals surface area contributed by atoms with Gasteiger partial charge in [-0.3, -0.25) is 32.5 Å². The molecule has 58 heavy (non-hydrogen) atoms. The Morgan fingerprint density at radius 3 is 2.45 bits per heavy atom. The monoisotopic (exact) mass is 899 g/mol. The minimum absolute atomic E-state index is 0.0297. The third-order valence-electron chi connectivity index (χ3n) is 8.20. The van der Waals surface area contributed by atoms with E-state index < -0.39 is 84.6 Å². The van der Waals surface area contributed by atoms with Crippen molar-refractivity contribution < 1.29 is 80.5 Å². The Bertz CT molecular complexity index is 2090. The van der Waals surface area contributed by atoms with E-state index >= 15 is 0 Å². The molecule has 0 spiro atoms. The largest absolute Gasteiger partial charge is 0.481 e. The number of carbonyl (C=O) groups excluding carboxylic acids is 3. The van der Waals surface area contributed by atoms with Gasteiger partial charge < -0.3 is 50.9 Å². The minimum Gasteiger partial charge on any atom is -0.386 e. The van der Waals surface area contributed by atoms with Gasteiger partial charge in [-0.25, -0.2) is 28.6 Å². The first-order valence-corrected chi connectivity index (χ1v) is 22.6. The Labute approximate surface area is 334 Å². The van der Waals surface area contributed by atoms with Gasteiger partial charge in [-0.15, -0.1) is 0 Å². The molecule has 322 valence electrons. The number of rotatable bonds is 21. The Morgan fingerprint density at radius 2 is 1.76 bits per heavy atom. The summed E-state index contributed by atoms with van der Waals surface area (Å²) in [5, 5.41) is 26.4. The molecule has 3 aromatic rings. The van der Waals surface area contributed by atoms with Crippen molar-refractivity contribution in [1.82, 2.24) is 30.2 Å². The second-order valence-corrected chi connectivity index (χ2v) is 18.8. The van der Waals surface area contributed by atoms with Crippen LogP contribution in [0.5, 0.6) is 0 Å². The van der Waals surface area contributed by atoms with Gasteiger partial charge in [0.1, 0.15) is 36.3 Å². The number of fused-ring (bicyclic) bond motifs is 1. The third kappa shape index (κ3) is 13.9. The number of nitrogens with zero attached hydrogens (tertiary/aromatic N) is 4. The van der Waals surface area contributed by atoms with Crippen LogP contribution in [0.1, 0.15) is 37.6 Å². The van der Waals surface area contributed by atoms with Crippen LogP contribution in [0.25, 0.3) is 11.2 Å². The maximum Gasteiger partial charge on any atom is 0.481 e. The van der Waals surface area contributed by atoms with E-state index in [4.69, 9.17) is 19.5 Å². The number of hydrogen-bond donors (Lipinski definition) is 9. The molecule has 7 atom stereocenters. The molecule has 1 saturated heterocycles. The number of hydrogen-bond acceptors (Lipinski definition) is 18. The van der Waals surface area contributed by atoms with Gasteiger partial charge in [0.25, 0.3) is 0 Å². The van der Waals surface area contributed by atoms with E-state index in [2.05, 4.69) is 34.4 Å². The summed E-state index contributed by atoms with van der Waals surface area (Å²) in [5.41, 5.74) is 6.18. The molecule has 0 saturated carbocycles. The van der Waals surface area contributed by atoms with Crippen LogP contribution in [0.3, 0.4) is 0 Å². The van der Waals surface area contributed by atoms with Gasteiger partial charge in [-0.1, -0.05) is 55.4 Å². The molecule has 1 aliphatic heterocycles. The van der Waals surface area contributed by atoms with Crippen LogP contribution in [0.2, 0.25) is 0 Å². The smallest absolute Gasteiger partial charge is 0.386 e. The van der Waals surface area contributed by atoms with Crippen molar-refractivity contribution in [1.29, 1.82) is 0 Å². The summed E-state index contributed by atoms with van der Waals surface area (Å²) in [6.45, 7) is 2.40. The molecule has 1 aliphatic rings. The number of phosphoric ester groups is 3. The maximum atomic E-state index is 12.7. The van der Waals surface area contributed by atoms with E-state index in [-0.39, 0.29) is 48.0 Å². The molecule has 24 nitrogen and oxygen atoms in total. The number of aliphatic hydroxyl groups excluding tert-OH is 2. The number of benzene rings is 1. The molecule has 2 aromatic heterocycles. The molecular formula is C30H44N7O17P3S. The van der Waals surface area contributed by atoms with Gasteiger partial charge in [0.05, 0.1) is 19.5 Å². The zero-order valence-electron chi connectivity index (χ0n) is 31.1. The topological polar surface area (TPSA) is 364 Å². The normalized spacial score (nSPS) is 21.3. The highest BCUT2D eigenvalue weighted by Gasteiger charge is 2.50. The summed E-state index contributed by atoms with van der Waals surface area (Å²) in [6.07, 6.45) is -6.68. The van der Waals surface area contributed by atoms with Crippen LogP contribution in [0.15, 0.2) is 36.9 Å². The first kappa shape index (κ1) is 47.5. The van der Waals surface area contributed by atoms with Crippen LogP contribution >= 0.6 is 35.2 Å². The molecule has 1 fully saturated rings. The van der Waals surface area contributed by atoms with Crippen LogP contribution < -0.4 is 16.4 Å². The SMILES string of the molecule is Cc1cccc(CC(=O)SCCNC(=O)CCNC(=O)C(O)C(C)(C)COP(=O)(O)OP(=O)(O)OCC2OC(n3cnc4c(N)ncnc43)C(O)C2OP(=O)(O)O)c1. The summed E-state index contributed by atoms with van der Waals surface area (Å²) >= 11 is 1.07. The van der Waals surface area contributed by atoms with E-state index in [0.717, 1.165) is 40.1 Å². The number of aliphatic hydroxyl groups is 2. The van der Waals surface area contributed by atoms with Crippen molar-refractivity contribution in [3.63, 3.8) is 0 Å². The summed E-state index contributed by atoms with van der Waals surface area (Å²) in [7, 11) is -16.4. The molecule has 0 bridgehead atoms. The number of imidazole rings is 1. The lowest BCUT2D eigenvalue weighted by Gasteiger charge is -2.30. The first-order valence-electron chi connectivity index (χ1n) is 17.1. The number of amides is 2. The average Bonchev–Trinajstić information content (AvgIpc) is 3.68. The molecule has 4 rings (SSSR count). The highest BCUT2D eigenvalue weighted by molar-refractivity contribution is 8.13. The van der Waals surface area contributed by atoms with Gasteiger partial charge in [0.15, 0.2) is 22.8 Å². The second-order valence-electron chi connectivity index (χ2n) is 13.5. The molecule has 28 heteroatoms. The molecule has 0 aliphatic carbocycles. The van der Waals surface area contributed by atoms with Crippen molar-refractivity contribution in [3.05, 3.63) is 48.0 Å². The lowest BCUT2D eigenvalue weighted by Crippen LogP contribution is -2.46. The highest BCUT2D eigenvalue weighted by atomic mass is 32.2. The Hall–Kier alpha value is -3.22. The van der Waals surface area contributed by atoms with Crippen molar-refractivity contribution in [2.75, 3.05) is 37.8 Å². The zero-order valence-corrected chi connectivity index (χ0v) is 34.6. The number of aromatic nitrogens is 4. The predicted octanol–water partition coefficient (Wildman–Crippen LogP) is 0.216. The number of carbonyl (C=O) groups is 3. The summed E-state index contributed by atoms with van der Waals surface area (Å²) in [5.74, 6) is -1.13. The van der Waals surface area contributed by atoms with Crippen LogP contribution in [-0.4, -0.2) is 123 Å². The fraction of sp³-hybridized carbons (Fsp3) is 0.533. The standard InChI is InChI=1S/C30H44N7O17P3S/c1-17-5-4-6-18(11-17)12-21(39)58-10-9-32-20(38)7-8-33-28(42)25(41)30(2,3)14-51-57(48,49)54-56(46,47)50-13-19-24(53-55(43,44)45)23(40)29(52-19)37-16-36-22-26(31)34-15-35-27(22)37/h4-6,11,15-16,19,23-25,29,40-41H,7-10,12-14H2,1-3H3,(H,32,38)(H,33,42)(H,46,47)(H,48,49)(H2,31,34,35)(H2,43,44,45). The van der Waals surface area contributed by atoms with E-state index in [0.29, 0.717) is 5.75 Å². The van der Waals surface area contributed by atoms with Gasteiger partial charge in [0, 0.05) is 37.1 Å². The Balaban J connectivity index is 1.21. The number of thioether (sulfide) groups is 1. The lowest BCUT2D eigenvalue weighted by atomic mass is 9.87. The van der Waals surface area contributed by atoms with Gasteiger partial charge in [-0.2, -0.15) is 4.31 Å². The van der Waals surface area contributed by atoms with E-state index in [1.165, 1.54) is 13.8 Å². The average molecular weight is 900 g/mol. The summed E-state index contributed by atoms with van der Waals surface area (Å²) < 4.78 is 62.2. The quantitative estimate of drug-likeness (QED) is 0.0510. The van der Waals surface area contributed by atoms with Crippen LogP contribution in [0.4, 0.5) is 5.82 Å². The summed E-state index contributed by atoms with van der Waals surface area (Å²) in [4.78, 5) is 88.0. The first-order chi connectivity index (χ1) is 27.0. The number of nitrogens with one attached hydrogen (secondary N) is 2. The molecule has 0 radical (unpaired) electrons. The second kappa shape index (κ2) is 19.9. The van der Waals surface area contributed by atoms with Gasteiger partial charge >= 0.3 is 23.5 Å². The Morgan fingerprint density at radius 1 is 1.05 bits per heavy atom. The van der Waals surface area contributed by atoms with E-state index in [1.807, 2.05) is 31.2 Å². The fourth-order valence-corrected chi connectivity index (χ4v) is 8.86.